The van der Waals surface area contributed by atoms with Crippen LogP contribution in [0.3, 0.4) is 0 Å². The van der Waals surface area contributed by atoms with Crippen LogP contribution in [-0.4, -0.2) is 19.5 Å². The molecule has 0 aliphatic carbocycles. The fraction of sp³-hybridized carbons (Fsp3) is 0.0135. The first-order valence-electron chi connectivity index (χ1n) is 27.1. The molecule has 2 aromatic heterocycles. The molecule has 0 unspecified atom stereocenters. The lowest BCUT2D eigenvalue weighted by Gasteiger charge is -2.27. The molecule has 0 aliphatic rings. The summed E-state index contributed by atoms with van der Waals surface area (Å²) in [5, 5.41) is 11.4. The second-order valence-electron chi connectivity index (χ2n) is 20.0. The van der Waals surface area contributed by atoms with Crippen LogP contribution in [-0.2, 0) is 0 Å². The van der Waals surface area contributed by atoms with Crippen molar-refractivity contribution >= 4 is 105 Å². The fourth-order valence-electron chi connectivity index (χ4n) is 11.5. The third kappa shape index (κ3) is 8.53. The van der Waals surface area contributed by atoms with Crippen LogP contribution in [0, 0.1) is 0 Å². The minimum atomic E-state index is 0.540. The molecule has 0 fully saturated rings. The number of aromatic nitrogens is 4. The van der Waals surface area contributed by atoms with Crippen molar-refractivity contribution in [2.75, 3.05) is 9.80 Å². The smallest absolute Gasteiger partial charge is 0.238 e. The first kappa shape index (κ1) is 47.7. The zero-order chi connectivity index (χ0) is 53.5. The molecule has 0 saturated carbocycles. The van der Waals surface area contributed by atoms with Gasteiger partial charge in [-0.1, -0.05) is 189 Å². The zero-order valence-corrected chi connectivity index (χ0v) is 44.0. The Morgan fingerprint density at radius 2 is 0.825 bits per heavy atom. The molecule has 0 radical (unpaired) electrons. The van der Waals surface area contributed by atoms with Crippen molar-refractivity contribution in [1.29, 1.82) is 0 Å². The molecule has 0 bridgehead atoms. The van der Waals surface area contributed by atoms with Crippen LogP contribution in [0.25, 0.3) is 99.2 Å². The first-order chi connectivity index (χ1) is 39.6. The molecule has 6 heteroatoms. The van der Waals surface area contributed by atoms with Gasteiger partial charge in [-0.05, 0) is 164 Å². The van der Waals surface area contributed by atoms with Crippen LogP contribution in [0.2, 0.25) is 0 Å². The lowest BCUT2D eigenvalue weighted by Crippen LogP contribution is -2.10. The highest BCUT2D eigenvalue weighted by Gasteiger charge is 2.23. The predicted octanol–water partition coefficient (Wildman–Crippen LogP) is 20.0. The van der Waals surface area contributed by atoms with Crippen molar-refractivity contribution < 1.29 is 0 Å². The van der Waals surface area contributed by atoms with Gasteiger partial charge in [-0.25, -0.2) is 4.98 Å². The molecule has 14 rings (SSSR count). The first-order valence-corrected chi connectivity index (χ1v) is 27.1. The van der Waals surface area contributed by atoms with Crippen molar-refractivity contribution in [3.63, 3.8) is 0 Å². The molecule has 6 nitrogen and oxygen atoms in total. The number of hydrogen-bond acceptors (Lipinski definition) is 5. The minimum absolute atomic E-state index is 0.540. The average molecular weight is 1030 g/mol. The summed E-state index contributed by atoms with van der Waals surface area (Å²) in [6.07, 6.45) is 8.17. The standard InChI is InChI=1S/C74H52N6/c1-3-4-11-24-50(2)53-37-43-69-68(45-53)71-63-49-67-62-42-40-60(79(57-33-20-9-21-34-57)58-35-22-10-23-36-58)48-66(62)65-47-59(78(55-29-16-7-17-30-55)56-31-18-8-19-32-56)39-41-61(65)64(67)46-54(63)38-44-70(71)80(69)74-76-72(51-25-12-5-13-26-51)75-73(77-74)52-27-14-6-15-28-52/h3-49H,2H2,1H3/b4-3-,24-11-. The zero-order valence-electron chi connectivity index (χ0n) is 44.0. The van der Waals surface area contributed by atoms with E-state index >= 15 is 0 Å². The molecule has 0 saturated heterocycles. The van der Waals surface area contributed by atoms with Gasteiger partial charge in [0.2, 0.25) is 5.95 Å². The van der Waals surface area contributed by atoms with E-state index in [1.807, 2.05) is 61.5 Å². The summed E-state index contributed by atoms with van der Waals surface area (Å²) in [4.78, 5) is 20.4. The lowest BCUT2D eigenvalue weighted by molar-refractivity contribution is 0.953. The van der Waals surface area contributed by atoms with E-state index in [-0.39, 0.29) is 0 Å². The highest BCUT2D eigenvalue weighted by atomic mass is 15.2. The van der Waals surface area contributed by atoms with Gasteiger partial charge in [-0.2, -0.15) is 9.97 Å². The number of anilines is 6. The van der Waals surface area contributed by atoms with Crippen molar-refractivity contribution in [1.82, 2.24) is 19.5 Å². The van der Waals surface area contributed by atoms with Crippen LogP contribution in [0.5, 0.6) is 0 Å². The molecule has 0 amide bonds. The summed E-state index contributed by atoms with van der Waals surface area (Å²) in [5.74, 6) is 1.74. The number of allylic oxidation sites excluding steroid dienone is 5. The van der Waals surface area contributed by atoms with Gasteiger partial charge in [0, 0.05) is 56.0 Å². The third-order valence-corrected chi connectivity index (χ3v) is 15.2. The largest absolute Gasteiger partial charge is 0.310 e. The van der Waals surface area contributed by atoms with Gasteiger partial charge in [0.25, 0.3) is 0 Å². The second-order valence-corrected chi connectivity index (χ2v) is 20.0. The number of fused-ring (bicyclic) bond motifs is 11. The van der Waals surface area contributed by atoms with E-state index in [2.05, 4.69) is 251 Å². The Labute approximate surface area is 464 Å². The molecule has 378 valence electrons. The molecule has 0 spiro atoms. The van der Waals surface area contributed by atoms with E-state index in [9.17, 15) is 0 Å². The highest BCUT2D eigenvalue weighted by Crippen LogP contribution is 2.46. The van der Waals surface area contributed by atoms with E-state index in [4.69, 9.17) is 15.0 Å². The summed E-state index contributed by atoms with van der Waals surface area (Å²) in [6.45, 7) is 6.57. The van der Waals surface area contributed by atoms with Crippen molar-refractivity contribution in [3.8, 4) is 28.7 Å². The summed E-state index contributed by atoms with van der Waals surface area (Å²) in [5.41, 5.74) is 12.2. The quantitative estimate of drug-likeness (QED) is 0.0693. The lowest BCUT2D eigenvalue weighted by atomic mass is 9.90. The van der Waals surface area contributed by atoms with Crippen molar-refractivity contribution in [2.45, 2.75) is 6.92 Å². The third-order valence-electron chi connectivity index (χ3n) is 15.2. The van der Waals surface area contributed by atoms with Gasteiger partial charge in [0.15, 0.2) is 11.6 Å². The van der Waals surface area contributed by atoms with Gasteiger partial charge in [-0.3, -0.25) is 4.57 Å². The van der Waals surface area contributed by atoms with E-state index in [0.29, 0.717) is 17.6 Å². The molecule has 12 aromatic carbocycles. The number of rotatable bonds is 12. The Morgan fingerprint density at radius 1 is 0.375 bits per heavy atom. The van der Waals surface area contributed by atoms with Gasteiger partial charge >= 0.3 is 0 Å². The molecular formula is C74H52N6. The van der Waals surface area contributed by atoms with Crippen molar-refractivity contribution in [3.05, 3.63) is 297 Å². The molecule has 0 atom stereocenters. The number of hydrogen-bond donors (Lipinski definition) is 0. The van der Waals surface area contributed by atoms with Crippen LogP contribution in [0.15, 0.2) is 292 Å². The fourth-order valence-corrected chi connectivity index (χ4v) is 11.5. The maximum Gasteiger partial charge on any atom is 0.238 e. The molecule has 0 aliphatic heterocycles. The average Bonchev–Trinajstić information content (AvgIpc) is 3.94. The molecule has 0 N–H and O–H groups in total. The molecule has 2 heterocycles. The minimum Gasteiger partial charge on any atom is -0.310 e. The summed E-state index contributed by atoms with van der Waals surface area (Å²) in [6, 6.07) is 92.9. The van der Waals surface area contributed by atoms with Gasteiger partial charge in [0.05, 0.1) is 11.0 Å². The second kappa shape index (κ2) is 20.4. The molecule has 14 aromatic rings. The SMILES string of the molecule is C=C(/C=C\C=C/C)c1ccc2c(c1)c1c3cc4c5ccc(N(c6ccccc6)c6ccccc6)cc5c5cc(N(c6ccccc6)c6ccccc6)ccc5c4cc3ccc1n2-c1nc(-c2ccccc2)nc(-c2ccccc2)n1. The van der Waals surface area contributed by atoms with Crippen LogP contribution < -0.4 is 9.80 Å². The summed E-state index contributed by atoms with van der Waals surface area (Å²) in [7, 11) is 0. The summed E-state index contributed by atoms with van der Waals surface area (Å²) < 4.78 is 2.22. The Morgan fingerprint density at radius 3 is 1.31 bits per heavy atom. The van der Waals surface area contributed by atoms with Crippen LogP contribution in [0.1, 0.15) is 12.5 Å². The van der Waals surface area contributed by atoms with E-state index in [0.717, 1.165) is 111 Å². The summed E-state index contributed by atoms with van der Waals surface area (Å²) >= 11 is 0. The topological polar surface area (TPSA) is 50.1 Å². The number of para-hydroxylation sites is 4. The van der Waals surface area contributed by atoms with Crippen molar-refractivity contribution in [2.24, 2.45) is 0 Å². The van der Waals surface area contributed by atoms with Gasteiger partial charge < -0.3 is 9.80 Å². The number of benzene rings is 12. The maximum absolute atomic E-state index is 5.31. The molecular weight excluding hydrogens is 973 g/mol. The van der Waals surface area contributed by atoms with Gasteiger partial charge in [0.1, 0.15) is 0 Å². The Kier molecular flexibility index (Phi) is 12.1. The van der Waals surface area contributed by atoms with E-state index in [1.54, 1.807) is 0 Å². The van der Waals surface area contributed by atoms with Crippen LogP contribution >= 0.6 is 0 Å². The monoisotopic (exact) mass is 1020 g/mol. The number of nitrogens with zero attached hydrogens (tertiary/aromatic N) is 6. The normalized spacial score (nSPS) is 11.8. The van der Waals surface area contributed by atoms with E-state index in [1.165, 1.54) is 10.8 Å². The maximum atomic E-state index is 5.31. The Hall–Kier alpha value is -10.7. The molecule has 80 heavy (non-hydrogen) atoms. The Balaban J connectivity index is 1.07. The predicted molar refractivity (Wildman–Crippen MR) is 337 cm³/mol. The van der Waals surface area contributed by atoms with Gasteiger partial charge in [-0.15, -0.1) is 0 Å². The highest BCUT2D eigenvalue weighted by molar-refractivity contribution is 6.31. The Bertz CT molecular complexity index is 4570. The van der Waals surface area contributed by atoms with E-state index < -0.39 is 0 Å². The van der Waals surface area contributed by atoms with Crippen LogP contribution in [0.4, 0.5) is 34.1 Å².